The van der Waals surface area contributed by atoms with Crippen LogP contribution >= 0.6 is 0 Å². The van der Waals surface area contributed by atoms with Crippen molar-refractivity contribution in [1.29, 1.82) is 0 Å². The standard InChI is InChI=1S/C16H14F3NO3/c1-8-2-3-10(14(22)4-8)16(23)20-13(7-21)9-5-11(17)15(19)12(18)6-9/h2-6,13,21-22H,7H2,1H3,(H,20,23). The largest absolute Gasteiger partial charge is 0.507 e. The van der Waals surface area contributed by atoms with Crippen LogP contribution in [0.3, 0.4) is 0 Å². The van der Waals surface area contributed by atoms with E-state index in [-0.39, 0.29) is 16.9 Å². The second-order valence-electron chi connectivity index (χ2n) is 5.03. The molecule has 7 heteroatoms. The topological polar surface area (TPSA) is 69.6 Å². The van der Waals surface area contributed by atoms with Crippen LogP contribution < -0.4 is 5.32 Å². The lowest BCUT2D eigenvalue weighted by Gasteiger charge is -2.18. The zero-order valence-electron chi connectivity index (χ0n) is 12.1. The number of rotatable bonds is 4. The highest BCUT2D eigenvalue weighted by atomic mass is 19.2. The molecular formula is C16H14F3NO3. The van der Waals surface area contributed by atoms with Gasteiger partial charge in [-0.15, -0.1) is 0 Å². The fraction of sp³-hybridized carbons (Fsp3) is 0.188. The molecule has 0 aliphatic rings. The molecule has 0 saturated heterocycles. The maximum absolute atomic E-state index is 13.3. The predicted octanol–water partition coefficient (Wildman–Crippen LogP) is 2.58. The lowest BCUT2D eigenvalue weighted by molar-refractivity contribution is 0.0913. The zero-order valence-corrected chi connectivity index (χ0v) is 12.1. The van der Waals surface area contributed by atoms with Gasteiger partial charge in [0.2, 0.25) is 0 Å². The molecule has 2 rings (SSSR count). The first-order valence-electron chi connectivity index (χ1n) is 6.69. The Balaban J connectivity index is 2.27. The summed E-state index contributed by atoms with van der Waals surface area (Å²) in [5.74, 6) is -5.49. The minimum Gasteiger partial charge on any atom is -0.507 e. The van der Waals surface area contributed by atoms with Crippen molar-refractivity contribution in [1.82, 2.24) is 5.32 Å². The van der Waals surface area contributed by atoms with E-state index in [0.717, 1.165) is 5.56 Å². The number of aryl methyl sites for hydroxylation is 1. The van der Waals surface area contributed by atoms with Gasteiger partial charge in [0.25, 0.3) is 5.91 Å². The van der Waals surface area contributed by atoms with Crippen LogP contribution in [0.4, 0.5) is 13.2 Å². The number of benzene rings is 2. The van der Waals surface area contributed by atoms with E-state index in [0.29, 0.717) is 12.1 Å². The fourth-order valence-corrected chi connectivity index (χ4v) is 2.08. The minimum absolute atomic E-state index is 0.0582. The Hall–Kier alpha value is -2.54. The number of nitrogens with one attached hydrogen (secondary N) is 1. The number of aliphatic hydroxyl groups excluding tert-OH is 1. The van der Waals surface area contributed by atoms with Crippen molar-refractivity contribution in [3.05, 3.63) is 64.5 Å². The Labute approximate surface area is 130 Å². The molecule has 1 amide bonds. The van der Waals surface area contributed by atoms with E-state index in [1.165, 1.54) is 12.1 Å². The smallest absolute Gasteiger partial charge is 0.255 e. The molecule has 0 aliphatic heterocycles. The number of aliphatic hydroxyl groups is 1. The van der Waals surface area contributed by atoms with E-state index >= 15 is 0 Å². The Kier molecular flexibility index (Phi) is 4.90. The lowest BCUT2D eigenvalue weighted by atomic mass is 10.1. The van der Waals surface area contributed by atoms with Gasteiger partial charge in [-0.05, 0) is 42.3 Å². The number of hydrogen-bond acceptors (Lipinski definition) is 3. The predicted molar refractivity (Wildman–Crippen MR) is 76.5 cm³/mol. The summed E-state index contributed by atoms with van der Waals surface area (Å²) in [6.45, 7) is 1.06. The molecule has 0 spiro atoms. The van der Waals surface area contributed by atoms with Gasteiger partial charge in [0.05, 0.1) is 18.2 Å². The van der Waals surface area contributed by atoms with Gasteiger partial charge in [-0.3, -0.25) is 4.79 Å². The summed E-state index contributed by atoms with van der Waals surface area (Å²) in [7, 11) is 0. The van der Waals surface area contributed by atoms with Crippen molar-refractivity contribution < 1.29 is 28.2 Å². The van der Waals surface area contributed by atoms with Gasteiger partial charge in [0.15, 0.2) is 17.5 Å². The van der Waals surface area contributed by atoms with Crippen LogP contribution in [-0.4, -0.2) is 22.7 Å². The van der Waals surface area contributed by atoms with E-state index < -0.39 is 36.0 Å². The van der Waals surface area contributed by atoms with Crippen molar-refractivity contribution in [3.63, 3.8) is 0 Å². The van der Waals surface area contributed by atoms with Crippen LogP contribution in [0.2, 0.25) is 0 Å². The van der Waals surface area contributed by atoms with Crippen molar-refractivity contribution in [2.24, 2.45) is 0 Å². The average molecular weight is 325 g/mol. The van der Waals surface area contributed by atoms with Gasteiger partial charge in [-0.25, -0.2) is 13.2 Å². The number of carbonyl (C=O) groups is 1. The van der Waals surface area contributed by atoms with Gasteiger partial charge in [0, 0.05) is 0 Å². The quantitative estimate of drug-likeness (QED) is 0.757. The second kappa shape index (κ2) is 6.70. The number of carbonyl (C=O) groups excluding carboxylic acids is 1. The van der Waals surface area contributed by atoms with Crippen molar-refractivity contribution in [3.8, 4) is 5.75 Å². The molecule has 0 fully saturated rings. The monoisotopic (exact) mass is 325 g/mol. The summed E-state index contributed by atoms with van der Waals surface area (Å²) >= 11 is 0. The molecule has 23 heavy (non-hydrogen) atoms. The normalized spacial score (nSPS) is 12.0. The van der Waals surface area contributed by atoms with Gasteiger partial charge in [-0.2, -0.15) is 0 Å². The Morgan fingerprint density at radius 1 is 1.17 bits per heavy atom. The highest BCUT2D eigenvalue weighted by Gasteiger charge is 2.20. The molecule has 1 atom stereocenters. The fourth-order valence-electron chi connectivity index (χ4n) is 2.08. The van der Waals surface area contributed by atoms with Gasteiger partial charge >= 0.3 is 0 Å². The van der Waals surface area contributed by atoms with Crippen LogP contribution in [0, 0.1) is 24.4 Å². The molecule has 2 aromatic carbocycles. The van der Waals surface area contributed by atoms with Gasteiger partial charge in [0.1, 0.15) is 5.75 Å². The third kappa shape index (κ3) is 3.62. The third-order valence-electron chi connectivity index (χ3n) is 3.29. The second-order valence-corrected chi connectivity index (χ2v) is 5.03. The van der Waals surface area contributed by atoms with Gasteiger partial charge in [-0.1, -0.05) is 6.07 Å². The molecule has 0 aliphatic carbocycles. The molecule has 0 radical (unpaired) electrons. The van der Waals surface area contributed by atoms with E-state index in [4.69, 9.17) is 0 Å². The van der Waals surface area contributed by atoms with Crippen molar-refractivity contribution in [2.75, 3.05) is 6.61 Å². The van der Waals surface area contributed by atoms with Crippen molar-refractivity contribution >= 4 is 5.91 Å². The Bertz CT molecular complexity index is 726. The number of aromatic hydroxyl groups is 1. The Morgan fingerprint density at radius 3 is 2.30 bits per heavy atom. The number of hydrogen-bond donors (Lipinski definition) is 3. The van der Waals surface area contributed by atoms with E-state index in [1.807, 2.05) is 0 Å². The molecular weight excluding hydrogens is 311 g/mol. The molecule has 1 unspecified atom stereocenters. The summed E-state index contributed by atoms with van der Waals surface area (Å²) in [6, 6.07) is 4.57. The molecule has 122 valence electrons. The molecule has 0 saturated carbocycles. The lowest BCUT2D eigenvalue weighted by Crippen LogP contribution is -2.31. The number of amides is 1. The number of halogens is 3. The first kappa shape index (κ1) is 16.8. The highest BCUT2D eigenvalue weighted by Crippen LogP contribution is 2.22. The van der Waals surface area contributed by atoms with Crippen LogP contribution in [-0.2, 0) is 0 Å². The average Bonchev–Trinajstić information content (AvgIpc) is 2.49. The first-order chi connectivity index (χ1) is 10.8. The van der Waals surface area contributed by atoms with E-state index in [9.17, 15) is 28.2 Å². The van der Waals surface area contributed by atoms with E-state index in [2.05, 4.69) is 5.32 Å². The van der Waals surface area contributed by atoms with Crippen LogP contribution in [0.25, 0.3) is 0 Å². The summed E-state index contributed by atoms with van der Waals surface area (Å²) in [4.78, 5) is 12.1. The number of phenolic OH excluding ortho intramolecular Hbond substituents is 1. The molecule has 2 aromatic rings. The Morgan fingerprint density at radius 2 is 1.78 bits per heavy atom. The van der Waals surface area contributed by atoms with Gasteiger partial charge < -0.3 is 15.5 Å². The van der Waals surface area contributed by atoms with Crippen LogP contribution in [0.1, 0.15) is 27.5 Å². The SMILES string of the molecule is Cc1ccc(C(=O)NC(CO)c2cc(F)c(F)c(F)c2)c(O)c1. The number of phenols is 1. The zero-order chi connectivity index (χ0) is 17.1. The molecule has 0 heterocycles. The van der Waals surface area contributed by atoms with E-state index in [1.54, 1.807) is 13.0 Å². The summed E-state index contributed by atoms with van der Waals surface area (Å²) in [6.07, 6.45) is 0. The highest BCUT2D eigenvalue weighted by molar-refractivity contribution is 5.97. The first-order valence-corrected chi connectivity index (χ1v) is 6.69. The summed E-state index contributed by atoms with van der Waals surface area (Å²) in [5.41, 5.74) is 0.543. The maximum atomic E-state index is 13.3. The molecule has 4 nitrogen and oxygen atoms in total. The van der Waals surface area contributed by atoms with Crippen LogP contribution in [0.5, 0.6) is 5.75 Å². The molecule has 0 aromatic heterocycles. The van der Waals surface area contributed by atoms with Crippen LogP contribution in [0.15, 0.2) is 30.3 Å². The molecule has 3 N–H and O–H groups in total. The summed E-state index contributed by atoms with van der Waals surface area (Å²) in [5, 5.41) is 21.4. The minimum atomic E-state index is -1.63. The third-order valence-corrected chi connectivity index (χ3v) is 3.29. The van der Waals surface area contributed by atoms with Crippen molar-refractivity contribution in [2.45, 2.75) is 13.0 Å². The maximum Gasteiger partial charge on any atom is 0.255 e. The molecule has 0 bridgehead atoms. The summed E-state index contributed by atoms with van der Waals surface area (Å²) < 4.78 is 39.5.